The second kappa shape index (κ2) is 4.31. The minimum absolute atomic E-state index is 0.0462. The van der Waals surface area contributed by atoms with E-state index in [9.17, 15) is 9.59 Å². The summed E-state index contributed by atoms with van der Waals surface area (Å²) in [5.41, 5.74) is 1.06. The maximum Gasteiger partial charge on any atom is 0.280 e. The number of fused-ring (bicyclic) bond motifs is 1. The van der Waals surface area contributed by atoms with E-state index in [2.05, 4.69) is 0 Å². The van der Waals surface area contributed by atoms with Crippen molar-refractivity contribution in [3.8, 4) is 0 Å². The van der Waals surface area contributed by atoms with Gasteiger partial charge in [-0.1, -0.05) is 0 Å². The number of rotatable bonds is 2. The van der Waals surface area contributed by atoms with Crippen LogP contribution in [0, 0.1) is 0 Å². The Bertz CT molecular complexity index is 627. The summed E-state index contributed by atoms with van der Waals surface area (Å²) in [7, 11) is 0. The van der Waals surface area contributed by atoms with E-state index < -0.39 is 5.91 Å². The third-order valence-corrected chi connectivity index (χ3v) is 3.43. The number of nitrogens with zero attached hydrogens (tertiary/aromatic N) is 1. The first-order valence-corrected chi connectivity index (χ1v) is 6.01. The fourth-order valence-electron chi connectivity index (χ4n) is 1.75. The molecule has 0 fully saturated rings. The van der Waals surface area contributed by atoms with Gasteiger partial charge in [0, 0.05) is 11.4 Å². The molecule has 0 radical (unpaired) electrons. The number of hydroxylamine groups is 1. The van der Waals surface area contributed by atoms with Crippen molar-refractivity contribution in [2.75, 3.05) is 0 Å². The third kappa shape index (κ3) is 1.85. The lowest BCUT2D eigenvalue weighted by Crippen LogP contribution is -2.32. The summed E-state index contributed by atoms with van der Waals surface area (Å²) in [6.45, 7) is 3.75. The molecule has 0 saturated heterocycles. The van der Waals surface area contributed by atoms with Crippen LogP contribution in [0.5, 0.6) is 0 Å². The molecule has 0 saturated carbocycles. The highest BCUT2D eigenvalue weighted by atomic mass is 32.1. The van der Waals surface area contributed by atoms with E-state index in [1.54, 1.807) is 4.57 Å². The highest BCUT2D eigenvalue weighted by molar-refractivity contribution is 7.16. The summed E-state index contributed by atoms with van der Waals surface area (Å²) >= 11 is 1.45. The number of carbonyl (C=O) groups excluding carboxylic acids is 1. The van der Waals surface area contributed by atoms with E-state index in [1.165, 1.54) is 22.9 Å². The van der Waals surface area contributed by atoms with Crippen LogP contribution in [0.2, 0.25) is 0 Å². The quantitative estimate of drug-likeness (QED) is 0.632. The predicted octanol–water partition coefficient (Wildman–Crippen LogP) is 1.76. The Kier molecular flexibility index (Phi) is 2.99. The summed E-state index contributed by atoms with van der Waals surface area (Å²) in [6, 6.07) is 3.29. The van der Waals surface area contributed by atoms with Gasteiger partial charge >= 0.3 is 0 Å². The average molecular weight is 252 g/mol. The van der Waals surface area contributed by atoms with Gasteiger partial charge in [-0.15, -0.1) is 11.3 Å². The van der Waals surface area contributed by atoms with E-state index in [1.807, 2.05) is 25.3 Å². The van der Waals surface area contributed by atoms with Crippen LogP contribution in [-0.4, -0.2) is 15.7 Å². The third-order valence-electron chi connectivity index (χ3n) is 2.50. The predicted molar refractivity (Wildman–Crippen MR) is 65.7 cm³/mol. The molecule has 0 atom stereocenters. The number of nitrogens with one attached hydrogen (secondary N) is 1. The molecular weight excluding hydrogens is 240 g/mol. The first-order chi connectivity index (χ1) is 8.06. The Labute approximate surface area is 101 Å². The molecule has 0 aromatic carbocycles. The van der Waals surface area contributed by atoms with Gasteiger partial charge in [0.15, 0.2) is 0 Å². The SMILES string of the molecule is CC(C)n1c(=O)c(C(=O)NO)cc2ccsc21. The van der Waals surface area contributed by atoms with E-state index >= 15 is 0 Å². The molecule has 90 valence electrons. The van der Waals surface area contributed by atoms with Crippen LogP contribution in [0.3, 0.4) is 0 Å². The van der Waals surface area contributed by atoms with Gasteiger partial charge < -0.3 is 0 Å². The molecule has 17 heavy (non-hydrogen) atoms. The van der Waals surface area contributed by atoms with E-state index in [4.69, 9.17) is 5.21 Å². The van der Waals surface area contributed by atoms with Gasteiger partial charge in [-0.05, 0) is 31.4 Å². The van der Waals surface area contributed by atoms with E-state index in [0.29, 0.717) is 0 Å². The minimum atomic E-state index is -0.780. The molecule has 0 aliphatic rings. The number of amides is 1. The van der Waals surface area contributed by atoms with Crippen LogP contribution in [0.25, 0.3) is 10.2 Å². The van der Waals surface area contributed by atoms with Gasteiger partial charge in [-0.3, -0.25) is 19.4 Å². The Hall–Kier alpha value is -1.66. The summed E-state index contributed by atoms with van der Waals surface area (Å²) < 4.78 is 1.56. The number of thiophene rings is 1. The summed E-state index contributed by atoms with van der Waals surface area (Å²) in [4.78, 5) is 24.4. The zero-order chi connectivity index (χ0) is 12.6. The maximum atomic E-state index is 12.1. The van der Waals surface area contributed by atoms with Crippen molar-refractivity contribution < 1.29 is 10.0 Å². The largest absolute Gasteiger partial charge is 0.296 e. The molecule has 2 rings (SSSR count). The lowest BCUT2D eigenvalue weighted by atomic mass is 10.2. The average Bonchev–Trinajstić information content (AvgIpc) is 2.73. The van der Waals surface area contributed by atoms with E-state index in [0.717, 1.165) is 10.2 Å². The number of pyridine rings is 1. The highest BCUT2D eigenvalue weighted by Crippen LogP contribution is 2.22. The van der Waals surface area contributed by atoms with Crippen LogP contribution in [0.1, 0.15) is 30.2 Å². The molecule has 1 amide bonds. The van der Waals surface area contributed by atoms with Gasteiger partial charge in [-0.25, -0.2) is 5.48 Å². The molecule has 2 N–H and O–H groups in total. The molecule has 2 aromatic heterocycles. The molecule has 2 heterocycles. The lowest BCUT2D eigenvalue weighted by molar-refractivity contribution is 0.0704. The van der Waals surface area contributed by atoms with Crippen molar-refractivity contribution in [2.45, 2.75) is 19.9 Å². The van der Waals surface area contributed by atoms with Gasteiger partial charge in [0.25, 0.3) is 11.5 Å². The minimum Gasteiger partial charge on any atom is -0.296 e. The van der Waals surface area contributed by atoms with Crippen LogP contribution >= 0.6 is 11.3 Å². The first-order valence-electron chi connectivity index (χ1n) is 5.13. The molecule has 0 spiro atoms. The molecule has 5 nitrogen and oxygen atoms in total. The van der Waals surface area contributed by atoms with Crippen molar-refractivity contribution in [2.24, 2.45) is 0 Å². The molecule has 0 bridgehead atoms. The second-order valence-corrected chi connectivity index (χ2v) is 4.84. The van der Waals surface area contributed by atoms with Gasteiger partial charge in [0.1, 0.15) is 10.4 Å². The topological polar surface area (TPSA) is 71.3 Å². The normalized spacial score (nSPS) is 11.1. The number of carbonyl (C=O) groups is 1. The molecule has 2 aromatic rings. The first kappa shape index (κ1) is 11.8. The zero-order valence-electron chi connectivity index (χ0n) is 9.43. The smallest absolute Gasteiger partial charge is 0.280 e. The van der Waals surface area contributed by atoms with Crippen molar-refractivity contribution in [1.82, 2.24) is 10.0 Å². The number of aromatic nitrogens is 1. The molecular formula is C11H12N2O3S. The summed E-state index contributed by atoms with van der Waals surface area (Å²) in [6.07, 6.45) is 0. The van der Waals surface area contributed by atoms with Crippen LogP contribution in [-0.2, 0) is 0 Å². The Morgan fingerprint density at radius 1 is 1.53 bits per heavy atom. The number of hydrogen-bond donors (Lipinski definition) is 2. The van der Waals surface area contributed by atoms with Crippen molar-refractivity contribution in [3.05, 3.63) is 33.4 Å². The zero-order valence-corrected chi connectivity index (χ0v) is 10.2. The molecule has 0 aliphatic heterocycles. The fraction of sp³-hybridized carbons (Fsp3) is 0.273. The van der Waals surface area contributed by atoms with Crippen LogP contribution in [0.4, 0.5) is 0 Å². The highest BCUT2D eigenvalue weighted by Gasteiger charge is 2.17. The van der Waals surface area contributed by atoms with Crippen LogP contribution < -0.4 is 11.0 Å². The maximum absolute atomic E-state index is 12.1. The number of hydrogen-bond acceptors (Lipinski definition) is 4. The van der Waals surface area contributed by atoms with Crippen molar-refractivity contribution in [3.63, 3.8) is 0 Å². The fourth-order valence-corrected chi connectivity index (χ4v) is 2.76. The second-order valence-electron chi connectivity index (χ2n) is 3.95. The van der Waals surface area contributed by atoms with Crippen LogP contribution in [0.15, 0.2) is 22.3 Å². The van der Waals surface area contributed by atoms with Gasteiger partial charge in [0.05, 0.1) is 0 Å². The standard InChI is InChI=1S/C11H12N2O3S/c1-6(2)13-10(15)8(9(14)12-16)5-7-3-4-17-11(7)13/h3-6,16H,1-2H3,(H,12,14). The Balaban J connectivity index is 2.84. The van der Waals surface area contributed by atoms with Crippen molar-refractivity contribution >= 4 is 27.5 Å². The van der Waals surface area contributed by atoms with Crippen molar-refractivity contribution in [1.29, 1.82) is 0 Å². The van der Waals surface area contributed by atoms with E-state index in [-0.39, 0.29) is 17.2 Å². The Morgan fingerprint density at radius 3 is 2.82 bits per heavy atom. The van der Waals surface area contributed by atoms with Gasteiger partial charge in [0.2, 0.25) is 0 Å². The summed E-state index contributed by atoms with van der Waals surface area (Å²) in [5, 5.41) is 11.3. The summed E-state index contributed by atoms with van der Waals surface area (Å²) in [5.74, 6) is -0.780. The lowest BCUT2D eigenvalue weighted by Gasteiger charge is -2.12. The molecule has 0 aliphatic carbocycles. The molecule has 0 unspecified atom stereocenters. The van der Waals surface area contributed by atoms with Gasteiger partial charge in [-0.2, -0.15) is 0 Å². The molecule has 6 heteroatoms. The monoisotopic (exact) mass is 252 g/mol. The Morgan fingerprint density at radius 2 is 2.24 bits per heavy atom.